The minimum atomic E-state index is -3.71. The monoisotopic (exact) mass is 390 g/mol. The molecular formula is C19H22N2O5S. The molecule has 1 atom stereocenters. The van der Waals surface area contributed by atoms with E-state index in [1.54, 1.807) is 25.1 Å². The van der Waals surface area contributed by atoms with E-state index in [0.717, 1.165) is 0 Å². The topological polar surface area (TPSA) is 102 Å². The molecule has 2 aromatic rings. The third-order valence-corrected chi connectivity index (χ3v) is 5.50. The van der Waals surface area contributed by atoms with Gasteiger partial charge < -0.3 is 10.1 Å². The van der Waals surface area contributed by atoms with E-state index < -0.39 is 21.9 Å². The Morgan fingerprint density at radius 1 is 1.07 bits per heavy atom. The summed E-state index contributed by atoms with van der Waals surface area (Å²) in [6.07, 6.45) is 0.649. The molecule has 2 aromatic carbocycles. The molecule has 8 heteroatoms. The standard InChI is InChI=1S/C19H22N2O5S/c1-4-13(2)21-27(24,25)17-10-6-7-14(12-17)18(22)20-16-9-5-8-15(11-16)19(23)26-3/h5-13,21H,4H2,1-3H3,(H,20,22). The number of benzene rings is 2. The van der Waals surface area contributed by atoms with Gasteiger partial charge in [-0.05, 0) is 49.7 Å². The molecule has 0 spiro atoms. The van der Waals surface area contributed by atoms with E-state index >= 15 is 0 Å². The minimum absolute atomic E-state index is 0.0127. The molecule has 1 unspecified atom stereocenters. The predicted molar refractivity (Wildman–Crippen MR) is 102 cm³/mol. The molecule has 1 amide bonds. The molecule has 0 saturated carbocycles. The highest BCUT2D eigenvalue weighted by molar-refractivity contribution is 7.89. The largest absolute Gasteiger partial charge is 0.465 e. The van der Waals surface area contributed by atoms with Crippen LogP contribution in [0.15, 0.2) is 53.4 Å². The van der Waals surface area contributed by atoms with Crippen LogP contribution in [-0.4, -0.2) is 33.4 Å². The second kappa shape index (κ2) is 8.79. The molecule has 0 aliphatic rings. The molecule has 0 saturated heterocycles. The highest BCUT2D eigenvalue weighted by Gasteiger charge is 2.18. The Labute approximate surface area is 158 Å². The highest BCUT2D eigenvalue weighted by Crippen LogP contribution is 2.16. The van der Waals surface area contributed by atoms with Crippen LogP contribution in [0.25, 0.3) is 0 Å². The van der Waals surface area contributed by atoms with E-state index in [0.29, 0.717) is 17.7 Å². The zero-order valence-corrected chi connectivity index (χ0v) is 16.2. The van der Waals surface area contributed by atoms with Crippen molar-refractivity contribution in [1.29, 1.82) is 0 Å². The van der Waals surface area contributed by atoms with Crippen LogP contribution in [0, 0.1) is 0 Å². The third-order valence-electron chi connectivity index (χ3n) is 3.92. The van der Waals surface area contributed by atoms with Crippen molar-refractivity contribution in [3.63, 3.8) is 0 Å². The van der Waals surface area contributed by atoms with E-state index in [-0.39, 0.29) is 16.5 Å². The average molecular weight is 390 g/mol. The minimum Gasteiger partial charge on any atom is -0.465 e. The Kier molecular flexibility index (Phi) is 6.70. The van der Waals surface area contributed by atoms with Crippen molar-refractivity contribution in [1.82, 2.24) is 4.72 Å². The lowest BCUT2D eigenvalue weighted by molar-refractivity contribution is 0.0600. The maximum atomic E-state index is 12.5. The number of hydrogen-bond donors (Lipinski definition) is 2. The van der Waals surface area contributed by atoms with Crippen molar-refractivity contribution in [2.75, 3.05) is 12.4 Å². The Hall–Kier alpha value is -2.71. The first-order chi connectivity index (χ1) is 12.8. The maximum Gasteiger partial charge on any atom is 0.337 e. The summed E-state index contributed by atoms with van der Waals surface area (Å²) in [7, 11) is -2.44. The quantitative estimate of drug-likeness (QED) is 0.708. The summed E-state index contributed by atoms with van der Waals surface area (Å²) in [5.41, 5.74) is 0.878. The van der Waals surface area contributed by atoms with E-state index in [4.69, 9.17) is 0 Å². The molecule has 0 fully saturated rings. The molecular weight excluding hydrogens is 368 g/mol. The number of carbonyl (C=O) groups is 2. The van der Waals surface area contributed by atoms with Gasteiger partial charge in [-0.1, -0.05) is 19.1 Å². The van der Waals surface area contributed by atoms with Gasteiger partial charge in [0.05, 0.1) is 17.6 Å². The van der Waals surface area contributed by atoms with Crippen LogP contribution in [0.3, 0.4) is 0 Å². The summed E-state index contributed by atoms with van der Waals surface area (Å²) in [5.74, 6) is -1.01. The summed E-state index contributed by atoms with van der Waals surface area (Å²) in [6.45, 7) is 3.64. The van der Waals surface area contributed by atoms with Gasteiger partial charge >= 0.3 is 5.97 Å². The van der Waals surface area contributed by atoms with Crippen molar-refractivity contribution in [3.8, 4) is 0 Å². The van der Waals surface area contributed by atoms with Crippen LogP contribution in [0.4, 0.5) is 5.69 Å². The lowest BCUT2D eigenvalue weighted by Crippen LogP contribution is -2.32. The van der Waals surface area contributed by atoms with Crippen molar-refractivity contribution < 1.29 is 22.7 Å². The average Bonchev–Trinajstić information content (AvgIpc) is 2.67. The zero-order chi connectivity index (χ0) is 20.0. The summed E-state index contributed by atoms with van der Waals surface area (Å²) in [6, 6.07) is 11.8. The first-order valence-corrected chi connectivity index (χ1v) is 9.87. The summed E-state index contributed by atoms with van der Waals surface area (Å²) >= 11 is 0. The maximum absolute atomic E-state index is 12.5. The molecule has 0 aliphatic heterocycles. The molecule has 0 aromatic heterocycles. The number of hydrogen-bond acceptors (Lipinski definition) is 5. The fourth-order valence-electron chi connectivity index (χ4n) is 2.27. The fourth-order valence-corrected chi connectivity index (χ4v) is 3.64. The Bertz CT molecular complexity index is 941. The zero-order valence-electron chi connectivity index (χ0n) is 15.4. The number of anilines is 1. The molecule has 144 valence electrons. The van der Waals surface area contributed by atoms with Gasteiger partial charge in [-0.25, -0.2) is 17.9 Å². The summed E-state index contributed by atoms with van der Waals surface area (Å²) < 4.78 is 32.0. The van der Waals surface area contributed by atoms with Crippen molar-refractivity contribution in [3.05, 3.63) is 59.7 Å². The Balaban J connectivity index is 2.22. The van der Waals surface area contributed by atoms with Gasteiger partial charge in [0.2, 0.25) is 10.0 Å². The fraction of sp³-hybridized carbons (Fsp3) is 0.263. The molecule has 2 rings (SSSR count). The Morgan fingerprint density at radius 3 is 2.41 bits per heavy atom. The van der Waals surface area contributed by atoms with Gasteiger partial charge in [-0.15, -0.1) is 0 Å². The second-order valence-corrected chi connectivity index (χ2v) is 7.70. The molecule has 0 heterocycles. The van der Waals surface area contributed by atoms with E-state index in [9.17, 15) is 18.0 Å². The van der Waals surface area contributed by atoms with Crippen LogP contribution in [-0.2, 0) is 14.8 Å². The van der Waals surface area contributed by atoms with Gasteiger partial charge in [-0.3, -0.25) is 4.79 Å². The number of carbonyl (C=O) groups excluding carboxylic acids is 2. The summed E-state index contributed by atoms with van der Waals surface area (Å²) in [4.78, 5) is 24.1. The van der Waals surface area contributed by atoms with E-state index in [1.165, 1.54) is 37.4 Å². The number of rotatable bonds is 7. The van der Waals surface area contributed by atoms with Crippen LogP contribution in [0.1, 0.15) is 41.0 Å². The number of sulfonamides is 1. The predicted octanol–water partition coefficient (Wildman–Crippen LogP) is 2.80. The molecule has 7 nitrogen and oxygen atoms in total. The Morgan fingerprint density at radius 2 is 1.74 bits per heavy atom. The van der Waals surface area contributed by atoms with Crippen LogP contribution < -0.4 is 10.0 Å². The molecule has 0 aliphatic carbocycles. The SMILES string of the molecule is CCC(C)NS(=O)(=O)c1cccc(C(=O)Nc2cccc(C(=O)OC)c2)c1. The van der Waals surface area contributed by atoms with Crippen molar-refractivity contribution in [2.24, 2.45) is 0 Å². The normalized spacial score (nSPS) is 12.3. The van der Waals surface area contributed by atoms with Gasteiger partial charge in [0.1, 0.15) is 0 Å². The second-order valence-electron chi connectivity index (χ2n) is 5.98. The van der Waals surface area contributed by atoms with Gasteiger partial charge in [0, 0.05) is 17.3 Å². The first-order valence-electron chi connectivity index (χ1n) is 8.39. The van der Waals surface area contributed by atoms with E-state index in [1.807, 2.05) is 6.92 Å². The smallest absolute Gasteiger partial charge is 0.337 e. The molecule has 27 heavy (non-hydrogen) atoms. The number of esters is 1. The number of methoxy groups -OCH3 is 1. The third kappa shape index (κ3) is 5.38. The number of ether oxygens (including phenoxy) is 1. The lowest BCUT2D eigenvalue weighted by Gasteiger charge is -2.13. The van der Waals surface area contributed by atoms with Gasteiger partial charge in [0.25, 0.3) is 5.91 Å². The molecule has 2 N–H and O–H groups in total. The first kappa shape index (κ1) is 20.6. The molecule has 0 bridgehead atoms. The van der Waals surface area contributed by atoms with Gasteiger partial charge in [0.15, 0.2) is 0 Å². The van der Waals surface area contributed by atoms with Crippen molar-refractivity contribution in [2.45, 2.75) is 31.2 Å². The van der Waals surface area contributed by atoms with Crippen LogP contribution >= 0.6 is 0 Å². The summed E-state index contributed by atoms with van der Waals surface area (Å²) in [5, 5.41) is 2.65. The number of nitrogens with one attached hydrogen (secondary N) is 2. The molecule has 0 radical (unpaired) electrons. The van der Waals surface area contributed by atoms with E-state index in [2.05, 4.69) is 14.8 Å². The van der Waals surface area contributed by atoms with Gasteiger partial charge in [-0.2, -0.15) is 0 Å². The lowest BCUT2D eigenvalue weighted by atomic mass is 10.1. The van der Waals surface area contributed by atoms with Crippen LogP contribution in [0.2, 0.25) is 0 Å². The van der Waals surface area contributed by atoms with Crippen LogP contribution in [0.5, 0.6) is 0 Å². The van der Waals surface area contributed by atoms with Crippen molar-refractivity contribution >= 4 is 27.6 Å². The number of amides is 1. The highest BCUT2D eigenvalue weighted by atomic mass is 32.2.